The zero-order chi connectivity index (χ0) is 25.1. The number of hydrogen-bond donors (Lipinski definition) is 1. The summed E-state index contributed by atoms with van der Waals surface area (Å²) < 4.78 is 0.297. The predicted molar refractivity (Wildman–Crippen MR) is 160 cm³/mol. The van der Waals surface area contributed by atoms with Crippen molar-refractivity contribution in [2.45, 2.75) is 185 Å². The monoisotopic (exact) mass is 592 g/mol. The maximum absolute atomic E-state index is 11.8. The maximum atomic E-state index is 11.8. The Morgan fingerprint density at radius 3 is 1.06 bits per heavy atom. The van der Waals surface area contributed by atoms with Crippen molar-refractivity contribution < 1.29 is 9.90 Å². The van der Waals surface area contributed by atoms with Crippen molar-refractivity contribution in [3.8, 4) is 0 Å². The summed E-state index contributed by atoms with van der Waals surface area (Å²) in [6, 6.07) is 0. The molecule has 0 aliphatic rings. The number of hydrogen-bond acceptors (Lipinski definition) is 1. The van der Waals surface area contributed by atoms with Crippen molar-refractivity contribution in [2.75, 3.05) is 0 Å². The Morgan fingerprint density at radius 1 is 0.500 bits per heavy atom. The summed E-state index contributed by atoms with van der Waals surface area (Å²) in [7, 11) is 0. The third-order valence-corrected chi connectivity index (χ3v) is 8.95. The molecule has 3 heteroatoms. The Hall–Kier alpha value is 0.200. The fourth-order valence-electron chi connectivity index (χ4n) is 5.05. The molecule has 204 valence electrons. The van der Waals surface area contributed by atoms with Gasteiger partial charge in [0, 0.05) is 3.92 Å². The first-order chi connectivity index (χ1) is 16.6. The molecule has 0 amide bonds. The molecule has 0 aliphatic carbocycles. The third kappa shape index (κ3) is 23.9. The minimum atomic E-state index is -0.568. The fraction of sp³-hybridized carbons (Fsp3) is 0.968. The van der Waals surface area contributed by atoms with E-state index in [2.05, 4.69) is 36.4 Å². The molecule has 2 nitrogen and oxygen atoms in total. The lowest BCUT2D eigenvalue weighted by Gasteiger charge is -2.18. The van der Waals surface area contributed by atoms with E-state index in [1.807, 2.05) is 0 Å². The van der Waals surface area contributed by atoms with Gasteiger partial charge in [0.05, 0.1) is 5.92 Å². The molecular weight excluding hydrogens is 531 g/mol. The predicted octanol–water partition coefficient (Wildman–Crippen LogP) is 11.7. The molecule has 0 aromatic carbocycles. The molecule has 0 bridgehead atoms. The van der Waals surface area contributed by atoms with Gasteiger partial charge in [0.1, 0.15) is 0 Å². The minimum Gasteiger partial charge on any atom is -0.481 e. The Morgan fingerprint density at radius 2 is 0.765 bits per heavy atom. The highest BCUT2D eigenvalue weighted by molar-refractivity contribution is 14.1. The minimum absolute atomic E-state index is 0.142. The van der Waals surface area contributed by atoms with E-state index in [4.69, 9.17) is 0 Å². The van der Waals surface area contributed by atoms with Crippen LogP contribution in [0.25, 0.3) is 0 Å². The number of rotatable bonds is 28. The fourth-order valence-corrected chi connectivity index (χ4v) is 6.15. The summed E-state index contributed by atoms with van der Waals surface area (Å²) in [4.78, 5) is 11.8. The highest BCUT2D eigenvalue weighted by atomic mass is 127. The van der Waals surface area contributed by atoms with E-state index < -0.39 is 5.97 Å². The number of unbranched alkanes of at least 4 members (excludes halogenated alkanes) is 22. The number of halogens is 1. The van der Waals surface area contributed by atoms with E-state index in [1.54, 1.807) is 0 Å². The van der Waals surface area contributed by atoms with E-state index >= 15 is 0 Å². The first kappa shape index (κ1) is 34.2. The van der Waals surface area contributed by atoms with Crippen LogP contribution in [-0.4, -0.2) is 15.0 Å². The van der Waals surface area contributed by atoms with Gasteiger partial charge >= 0.3 is 5.97 Å². The Labute approximate surface area is 228 Å². The third-order valence-electron chi connectivity index (χ3n) is 7.46. The number of carboxylic acids is 1. The van der Waals surface area contributed by atoms with Gasteiger partial charge in [-0.3, -0.25) is 4.79 Å². The van der Waals surface area contributed by atoms with Crippen molar-refractivity contribution in [1.82, 2.24) is 0 Å². The smallest absolute Gasteiger partial charge is 0.307 e. The van der Waals surface area contributed by atoms with Gasteiger partial charge in [0.15, 0.2) is 0 Å². The van der Waals surface area contributed by atoms with Gasteiger partial charge < -0.3 is 5.11 Å². The Bertz CT molecular complexity index is 412. The van der Waals surface area contributed by atoms with Gasteiger partial charge in [-0.05, 0) is 12.8 Å². The molecule has 2 unspecified atom stereocenters. The van der Waals surface area contributed by atoms with Gasteiger partial charge in [-0.25, -0.2) is 0 Å². The second kappa shape index (κ2) is 27.8. The zero-order valence-corrected chi connectivity index (χ0v) is 25.4. The molecule has 0 saturated heterocycles. The van der Waals surface area contributed by atoms with E-state index in [-0.39, 0.29) is 5.92 Å². The van der Waals surface area contributed by atoms with Crippen molar-refractivity contribution in [3.05, 3.63) is 0 Å². The Balaban J connectivity index is 3.57. The van der Waals surface area contributed by atoms with Crippen molar-refractivity contribution in [2.24, 2.45) is 5.92 Å². The maximum Gasteiger partial charge on any atom is 0.307 e. The molecule has 0 radical (unpaired) electrons. The van der Waals surface area contributed by atoms with E-state index in [9.17, 15) is 9.90 Å². The molecule has 2 atom stereocenters. The number of carboxylic acid groups (broad SMARTS) is 1. The van der Waals surface area contributed by atoms with Gasteiger partial charge in [0.2, 0.25) is 0 Å². The average Bonchev–Trinajstić information content (AvgIpc) is 2.82. The molecular formula is C31H61IO2. The van der Waals surface area contributed by atoms with Crippen LogP contribution in [0.5, 0.6) is 0 Å². The normalized spacial score (nSPS) is 13.3. The molecule has 1 N–H and O–H groups in total. The largest absolute Gasteiger partial charge is 0.481 e. The highest BCUT2D eigenvalue weighted by Crippen LogP contribution is 2.26. The number of aliphatic carboxylic acids is 1. The van der Waals surface area contributed by atoms with Crippen LogP contribution >= 0.6 is 22.6 Å². The van der Waals surface area contributed by atoms with Crippen molar-refractivity contribution in [3.63, 3.8) is 0 Å². The molecule has 0 spiro atoms. The number of carbonyl (C=O) groups is 1. The van der Waals surface area contributed by atoms with Gasteiger partial charge in [-0.1, -0.05) is 191 Å². The summed E-state index contributed by atoms with van der Waals surface area (Å²) in [5.74, 6) is -0.710. The summed E-state index contributed by atoms with van der Waals surface area (Å²) in [6.45, 7) is 4.56. The quantitative estimate of drug-likeness (QED) is 0.0557. The van der Waals surface area contributed by atoms with Gasteiger partial charge in [-0.2, -0.15) is 0 Å². The summed E-state index contributed by atoms with van der Waals surface area (Å²) in [6.07, 6.45) is 34.4. The molecule has 0 heterocycles. The van der Waals surface area contributed by atoms with Crippen LogP contribution in [0.2, 0.25) is 0 Å². The van der Waals surface area contributed by atoms with E-state index in [1.165, 1.54) is 148 Å². The first-order valence-corrected chi connectivity index (χ1v) is 16.7. The molecule has 34 heavy (non-hydrogen) atoms. The summed E-state index contributed by atoms with van der Waals surface area (Å²) in [5.41, 5.74) is 0. The van der Waals surface area contributed by atoms with Crippen LogP contribution in [0, 0.1) is 5.92 Å². The SMILES string of the molecule is CCCCCCCCCCCCCCCCC(C(=O)O)C(I)CCCCCCCCCCCC. The molecule has 0 saturated carbocycles. The van der Waals surface area contributed by atoms with E-state index in [0.717, 1.165) is 19.3 Å². The van der Waals surface area contributed by atoms with Crippen LogP contribution in [-0.2, 0) is 4.79 Å². The summed E-state index contributed by atoms with van der Waals surface area (Å²) in [5, 5.41) is 9.70. The second-order valence-electron chi connectivity index (χ2n) is 10.8. The first-order valence-electron chi connectivity index (χ1n) is 15.5. The lowest BCUT2D eigenvalue weighted by molar-refractivity contribution is -0.141. The highest BCUT2D eigenvalue weighted by Gasteiger charge is 2.24. The van der Waals surface area contributed by atoms with Crippen molar-refractivity contribution >= 4 is 28.6 Å². The van der Waals surface area contributed by atoms with Crippen LogP contribution in [0.4, 0.5) is 0 Å². The number of alkyl halides is 1. The summed E-state index contributed by atoms with van der Waals surface area (Å²) >= 11 is 2.42. The standard InChI is InChI=1S/C31H61IO2/c1-3-5-7-9-11-13-15-16-17-18-19-21-23-25-27-29(31(33)34)30(32)28-26-24-22-20-14-12-10-8-6-4-2/h29-30H,3-28H2,1-2H3,(H,33,34). The second-order valence-corrected chi connectivity index (χ2v) is 12.4. The topological polar surface area (TPSA) is 37.3 Å². The van der Waals surface area contributed by atoms with Crippen LogP contribution < -0.4 is 0 Å². The van der Waals surface area contributed by atoms with Crippen LogP contribution in [0.3, 0.4) is 0 Å². The molecule has 0 aliphatic heterocycles. The van der Waals surface area contributed by atoms with Crippen LogP contribution in [0.1, 0.15) is 181 Å². The van der Waals surface area contributed by atoms with Gasteiger partial charge in [0.25, 0.3) is 0 Å². The molecule has 0 aromatic rings. The average molecular weight is 593 g/mol. The molecule has 0 fully saturated rings. The van der Waals surface area contributed by atoms with Crippen molar-refractivity contribution in [1.29, 1.82) is 0 Å². The Kier molecular flexibility index (Phi) is 27.9. The van der Waals surface area contributed by atoms with Gasteiger partial charge in [-0.15, -0.1) is 0 Å². The lowest BCUT2D eigenvalue weighted by Crippen LogP contribution is -2.23. The lowest BCUT2D eigenvalue weighted by atomic mass is 9.94. The zero-order valence-electron chi connectivity index (χ0n) is 23.3. The molecule has 0 rings (SSSR count). The van der Waals surface area contributed by atoms with E-state index in [0.29, 0.717) is 3.92 Å². The molecule has 0 aromatic heterocycles. The van der Waals surface area contributed by atoms with Crippen LogP contribution in [0.15, 0.2) is 0 Å².